The zero-order chi connectivity index (χ0) is 19.9. The van der Waals surface area contributed by atoms with Crippen LogP contribution in [0.25, 0.3) is 5.82 Å². The number of amides is 1. The van der Waals surface area contributed by atoms with Crippen molar-refractivity contribution in [2.75, 3.05) is 44.2 Å². The second-order valence-electron chi connectivity index (χ2n) is 7.02. The molecule has 1 N–H and O–H groups in total. The van der Waals surface area contributed by atoms with Gasteiger partial charge in [-0.25, -0.2) is 14.6 Å². The summed E-state index contributed by atoms with van der Waals surface area (Å²) in [7, 11) is 0. The number of rotatable bonds is 7. The number of para-hydroxylation sites is 1. The average Bonchev–Trinajstić information content (AvgIpc) is 3.33. The molecular formula is C21H25N7O. The average molecular weight is 391 g/mol. The lowest BCUT2D eigenvalue weighted by Gasteiger charge is -2.36. The Morgan fingerprint density at radius 2 is 1.90 bits per heavy atom. The first-order valence-electron chi connectivity index (χ1n) is 9.91. The first-order valence-corrected chi connectivity index (χ1v) is 9.91. The molecule has 0 unspecified atom stereocenters. The molecule has 0 spiro atoms. The highest BCUT2D eigenvalue weighted by Gasteiger charge is 2.16. The van der Waals surface area contributed by atoms with Gasteiger partial charge in [0.15, 0.2) is 5.82 Å². The maximum Gasteiger partial charge on any atom is 0.251 e. The molecular weight excluding hydrogens is 366 g/mol. The normalized spacial score (nSPS) is 14.7. The number of hydrogen-bond acceptors (Lipinski definition) is 6. The minimum Gasteiger partial charge on any atom is -0.369 e. The summed E-state index contributed by atoms with van der Waals surface area (Å²) in [5, 5.41) is 7.04. The fourth-order valence-corrected chi connectivity index (χ4v) is 3.49. The van der Waals surface area contributed by atoms with E-state index in [0.717, 1.165) is 39.1 Å². The van der Waals surface area contributed by atoms with E-state index in [2.05, 4.69) is 60.5 Å². The number of nitrogens with zero attached hydrogens (tertiary/aromatic N) is 6. The second kappa shape index (κ2) is 9.29. The maximum atomic E-state index is 12.4. The number of piperazine rings is 1. The highest BCUT2D eigenvalue weighted by atomic mass is 16.1. The van der Waals surface area contributed by atoms with E-state index in [9.17, 15) is 4.79 Å². The Balaban J connectivity index is 1.19. The van der Waals surface area contributed by atoms with Crippen LogP contribution >= 0.6 is 0 Å². The number of aromatic nitrogens is 4. The molecule has 1 aliphatic heterocycles. The van der Waals surface area contributed by atoms with Crippen LogP contribution in [0.5, 0.6) is 0 Å². The van der Waals surface area contributed by atoms with E-state index in [0.29, 0.717) is 17.9 Å². The van der Waals surface area contributed by atoms with Crippen LogP contribution in [0.2, 0.25) is 0 Å². The van der Waals surface area contributed by atoms with Gasteiger partial charge in [-0.05, 0) is 37.2 Å². The fourth-order valence-electron chi connectivity index (χ4n) is 3.49. The van der Waals surface area contributed by atoms with Crippen LogP contribution in [0.15, 0.2) is 61.3 Å². The van der Waals surface area contributed by atoms with Crippen molar-refractivity contribution in [3.8, 4) is 5.82 Å². The van der Waals surface area contributed by atoms with Crippen LogP contribution in [-0.4, -0.2) is 69.8 Å². The van der Waals surface area contributed by atoms with Gasteiger partial charge in [0, 0.05) is 50.2 Å². The number of nitrogens with one attached hydrogen (secondary N) is 1. The Labute approximate surface area is 170 Å². The Hall–Kier alpha value is -3.26. The van der Waals surface area contributed by atoms with Gasteiger partial charge in [0.25, 0.3) is 5.91 Å². The predicted octanol–water partition coefficient (Wildman–Crippen LogP) is 1.60. The monoisotopic (exact) mass is 391 g/mol. The number of anilines is 1. The molecule has 3 aromatic rings. The van der Waals surface area contributed by atoms with Gasteiger partial charge in [0.1, 0.15) is 12.7 Å². The number of benzene rings is 1. The van der Waals surface area contributed by atoms with E-state index in [4.69, 9.17) is 0 Å². The summed E-state index contributed by atoms with van der Waals surface area (Å²) in [4.78, 5) is 25.4. The maximum absolute atomic E-state index is 12.4. The van der Waals surface area contributed by atoms with Crippen molar-refractivity contribution in [2.24, 2.45) is 0 Å². The van der Waals surface area contributed by atoms with Crippen LogP contribution in [0.1, 0.15) is 16.8 Å². The van der Waals surface area contributed by atoms with E-state index >= 15 is 0 Å². The number of carbonyl (C=O) groups excluding carboxylic acids is 1. The minimum absolute atomic E-state index is 0.0948. The second-order valence-corrected chi connectivity index (χ2v) is 7.02. The lowest BCUT2D eigenvalue weighted by atomic mass is 10.2. The third-order valence-electron chi connectivity index (χ3n) is 5.09. The summed E-state index contributed by atoms with van der Waals surface area (Å²) in [6, 6.07) is 14.0. The molecule has 0 radical (unpaired) electrons. The van der Waals surface area contributed by atoms with Gasteiger partial charge in [0.2, 0.25) is 0 Å². The highest BCUT2D eigenvalue weighted by molar-refractivity contribution is 5.94. The van der Waals surface area contributed by atoms with Crippen LogP contribution in [0.4, 0.5) is 5.69 Å². The standard InChI is InChI=1S/C21H25N7O/c29-21(18-7-9-23-20(15-18)28-17-22-16-25-28)24-8-4-10-26-11-13-27(14-12-26)19-5-2-1-3-6-19/h1-3,5-7,9,15-17H,4,8,10-14H2,(H,24,29). The summed E-state index contributed by atoms with van der Waals surface area (Å²) in [6.07, 6.45) is 5.53. The predicted molar refractivity (Wildman–Crippen MR) is 111 cm³/mol. The van der Waals surface area contributed by atoms with Crippen molar-refractivity contribution in [3.05, 3.63) is 66.9 Å². The van der Waals surface area contributed by atoms with Crippen molar-refractivity contribution in [3.63, 3.8) is 0 Å². The van der Waals surface area contributed by atoms with E-state index in [1.807, 2.05) is 0 Å². The zero-order valence-corrected chi connectivity index (χ0v) is 16.3. The molecule has 1 saturated heterocycles. The molecule has 8 heteroatoms. The molecule has 4 rings (SSSR count). The molecule has 1 aromatic carbocycles. The molecule has 1 amide bonds. The molecule has 0 saturated carbocycles. The largest absolute Gasteiger partial charge is 0.369 e. The Morgan fingerprint density at radius 3 is 2.66 bits per heavy atom. The van der Waals surface area contributed by atoms with Gasteiger partial charge in [-0.15, -0.1) is 0 Å². The molecule has 1 fully saturated rings. The van der Waals surface area contributed by atoms with Crippen molar-refractivity contribution < 1.29 is 4.79 Å². The molecule has 0 bridgehead atoms. The summed E-state index contributed by atoms with van der Waals surface area (Å²) < 4.78 is 1.53. The molecule has 2 aromatic heterocycles. The van der Waals surface area contributed by atoms with Crippen molar-refractivity contribution >= 4 is 11.6 Å². The van der Waals surface area contributed by atoms with Crippen LogP contribution < -0.4 is 10.2 Å². The Bertz CT molecular complexity index is 906. The molecule has 3 heterocycles. The van der Waals surface area contributed by atoms with Gasteiger partial charge < -0.3 is 10.2 Å². The SMILES string of the molecule is O=C(NCCCN1CCN(c2ccccc2)CC1)c1ccnc(-n2cncn2)c1. The third-order valence-corrected chi connectivity index (χ3v) is 5.09. The smallest absolute Gasteiger partial charge is 0.251 e. The van der Waals surface area contributed by atoms with E-state index in [-0.39, 0.29) is 5.91 Å². The van der Waals surface area contributed by atoms with Crippen LogP contribution in [0, 0.1) is 0 Å². The van der Waals surface area contributed by atoms with Crippen LogP contribution in [0.3, 0.4) is 0 Å². The molecule has 29 heavy (non-hydrogen) atoms. The Morgan fingerprint density at radius 1 is 1.07 bits per heavy atom. The van der Waals surface area contributed by atoms with Crippen molar-refractivity contribution in [1.82, 2.24) is 30.0 Å². The summed E-state index contributed by atoms with van der Waals surface area (Å²) in [5.41, 5.74) is 1.86. The first kappa shape index (κ1) is 19.1. The van der Waals surface area contributed by atoms with Gasteiger partial charge in [-0.1, -0.05) is 18.2 Å². The Kier molecular flexibility index (Phi) is 6.11. The van der Waals surface area contributed by atoms with Crippen molar-refractivity contribution in [1.29, 1.82) is 0 Å². The molecule has 0 aliphatic carbocycles. The fraction of sp³-hybridized carbons (Fsp3) is 0.333. The van der Waals surface area contributed by atoms with Gasteiger partial charge >= 0.3 is 0 Å². The molecule has 150 valence electrons. The summed E-state index contributed by atoms with van der Waals surface area (Å²) in [5.74, 6) is 0.481. The van der Waals surface area contributed by atoms with E-state index in [1.165, 1.54) is 16.7 Å². The van der Waals surface area contributed by atoms with Crippen LogP contribution in [-0.2, 0) is 0 Å². The van der Waals surface area contributed by atoms with Gasteiger partial charge in [-0.3, -0.25) is 9.69 Å². The summed E-state index contributed by atoms with van der Waals surface area (Å²) in [6.45, 7) is 5.82. The number of hydrogen-bond donors (Lipinski definition) is 1. The quantitative estimate of drug-likeness (QED) is 0.617. The first-order chi connectivity index (χ1) is 14.3. The number of carbonyl (C=O) groups is 1. The summed E-state index contributed by atoms with van der Waals surface area (Å²) >= 11 is 0. The number of pyridine rings is 1. The van der Waals surface area contributed by atoms with Gasteiger partial charge in [-0.2, -0.15) is 5.10 Å². The molecule has 8 nitrogen and oxygen atoms in total. The van der Waals surface area contributed by atoms with E-state index < -0.39 is 0 Å². The zero-order valence-electron chi connectivity index (χ0n) is 16.3. The minimum atomic E-state index is -0.0948. The molecule has 1 aliphatic rings. The van der Waals surface area contributed by atoms with Crippen molar-refractivity contribution in [2.45, 2.75) is 6.42 Å². The van der Waals surface area contributed by atoms with E-state index in [1.54, 1.807) is 24.7 Å². The topological polar surface area (TPSA) is 79.2 Å². The molecule has 0 atom stereocenters. The third kappa shape index (κ3) is 4.97. The lowest BCUT2D eigenvalue weighted by Crippen LogP contribution is -2.47. The highest BCUT2D eigenvalue weighted by Crippen LogP contribution is 2.15. The lowest BCUT2D eigenvalue weighted by molar-refractivity contribution is 0.0951. The van der Waals surface area contributed by atoms with Gasteiger partial charge in [0.05, 0.1) is 0 Å².